The van der Waals surface area contributed by atoms with Crippen LogP contribution < -0.4 is 16.4 Å². The van der Waals surface area contributed by atoms with Gasteiger partial charge in [-0.05, 0) is 44.9 Å². The van der Waals surface area contributed by atoms with Crippen molar-refractivity contribution < 1.29 is 80.5 Å². The topological polar surface area (TPSA) is 364 Å². The number of nitrogens with zero attached hydrogens (tertiary/aromatic N) is 4. The largest absolute Gasteiger partial charge is 0.481 e. The first-order valence-electron chi connectivity index (χ1n) is 21.9. The molecule has 1 saturated heterocycles. The number of fused-ring (bicyclic) bond motifs is 1. The maximum absolute atomic E-state index is 12.7. The SMILES string of the molecule is CCC=CCC=CCC=CCC=CCC=CCCCC(=O)SCCNC(=O)CCNC(=O)C(O)C(C)(C)COP(=O)(O)OP(=O)(O)OCC1OC(n2cnc3c(N)ncnc32)C(O)C1OP(=O)(O)O. The van der Waals surface area contributed by atoms with Gasteiger partial charge in [-0.2, -0.15) is 4.31 Å². The molecule has 0 saturated carbocycles. The van der Waals surface area contributed by atoms with E-state index in [2.05, 4.69) is 102 Å². The average Bonchev–Trinajstić information content (AvgIpc) is 3.84. The number of rotatable bonds is 32. The van der Waals surface area contributed by atoms with Crippen LogP contribution in [0.25, 0.3) is 11.2 Å². The summed E-state index contributed by atoms with van der Waals surface area (Å²) >= 11 is 1.11. The number of aliphatic hydroxyl groups is 2. The van der Waals surface area contributed by atoms with Gasteiger partial charge in [-0.1, -0.05) is 93.3 Å². The van der Waals surface area contributed by atoms with Gasteiger partial charge < -0.3 is 50.9 Å². The molecule has 3 heterocycles. The zero-order chi connectivity index (χ0) is 51.1. The molecule has 1 aliphatic rings. The number of unbranched alkanes of at least 4 members (excludes halogenated alkanes) is 1. The van der Waals surface area contributed by atoms with E-state index in [9.17, 15) is 57.9 Å². The number of nitrogens with one attached hydrogen (secondary N) is 2. The van der Waals surface area contributed by atoms with Crippen molar-refractivity contribution in [2.45, 2.75) is 109 Å². The summed E-state index contributed by atoms with van der Waals surface area (Å²) in [5, 5.41) is 26.6. The first-order valence-corrected chi connectivity index (χ1v) is 27.4. The lowest BCUT2D eigenvalue weighted by Gasteiger charge is -2.30. The number of thioether (sulfide) groups is 1. The van der Waals surface area contributed by atoms with Gasteiger partial charge in [-0.25, -0.2) is 28.6 Å². The molecule has 10 N–H and O–H groups in total. The Hall–Kier alpha value is -3.74. The Balaban J connectivity index is 1.31. The second-order valence-corrected chi connectivity index (χ2v) is 21.3. The molecule has 2 aromatic rings. The number of anilines is 1. The summed E-state index contributed by atoms with van der Waals surface area (Å²) in [4.78, 5) is 88.3. The second-order valence-electron chi connectivity index (χ2n) is 15.9. The predicted octanol–water partition coefficient (Wildman–Crippen LogP) is 4.59. The number of hydrogen-bond donors (Lipinski definition) is 9. The van der Waals surface area contributed by atoms with Gasteiger partial charge in [0.15, 0.2) is 22.8 Å². The maximum Gasteiger partial charge on any atom is 0.481 e. The lowest BCUT2D eigenvalue weighted by Crippen LogP contribution is -2.46. The summed E-state index contributed by atoms with van der Waals surface area (Å²) in [6.07, 6.45) is 20.9. The summed E-state index contributed by atoms with van der Waals surface area (Å²) in [5.74, 6) is -1.09. The molecule has 7 unspecified atom stereocenters. The van der Waals surface area contributed by atoms with Crippen LogP contribution >= 0.6 is 35.2 Å². The van der Waals surface area contributed by atoms with Crippen molar-refractivity contribution >= 4 is 69.1 Å². The summed E-state index contributed by atoms with van der Waals surface area (Å²) in [5.41, 5.74) is 4.27. The van der Waals surface area contributed by atoms with E-state index in [-0.39, 0.29) is 41.6 Å². The zero-order valence-electron chi connectivity index (χ0n) is 38.5. The third-order valence-electron chi connectivity index (χ3n) is 9.67. The number of imidazole rings is 1. The molecule has 0 bridgehead atoms. The summed E-state index contributed by atoms with van der Waals surface area (Å²) < 4.78 is 62.4. The van der Waals surface area contributed by atoms with Crippen LogP contribution in [0.1, 0.15) is 84.8 Å². The fourth-order valence-electron chi connectivity index (χ4n) is 6.10. The molecule has 1 fully saturated rings. The molecule has 24 nitrogen and oxygen atoms in total. The Labute approximate surface area is 404 Å². The van der Waals surface area contributed by atoms with Crippen molar-refractivity contribution in [3.63, 3.8) is 0 Å². The number of phosphoric acid groups is 3. The first-order chi connectivity index (χ1) is 32.6. The molecule has 7 atom stereocenters. The molecular formula is C41H64N7O17P3S. The van der Waals surface area contributed by atoms with Crippen LogP contribution in [-0.4, -0.2) is 123 Å². The van der Waals surface area contributed by atoms with Gasteiger partial charge in [0.25, 0.3) is 0 Å². The molecule has 2 amide bonds. The number of ether oxygens (including phenoxy) is 1. The van der Waals surface area contributed by atoms with Crippen LogP contribution in [0.4, 0.5) is 5.82 Å². The van der Waals surface area contributed by atoms with Gasteiger partial charge in [0.2, 0.25) is 11.8 Å². The molecule has 3 rings (SSSR count). The van der Waals surface area contributed by atoms with Crippen LogP contribution in [0.2, 0.25) is 0 Å². The smallest absolute Gasteiger partial charge is 0.386 e. The Kier molecular flexibility index (Phi) is 25.5. The van der Waals surface area contributed by atoms with Gasteiger partial charge in [0.05, 0.1) is 19.5 Å². The van der Waals surface area contributed by atoms with Crippen LogP contribution in [0.5, 0.6) is 0 Å². The number of allylic oxidation sites excluding steroid dienone is 10. The van der Waals surface area contributed by atoms with Gasteiger partial charge in [0, 0.05) is 37.1 Å². The maximum atomic E-state index is 12.7. The van der Waals surface area contributed by atoms with Crippen molar-refractivity contribution in [2.75, 3.05) is 37.8 Å². The highest BCUT2D eigenvalue weighted by atomic mass is 32.2. The normalized spacial score (nSPS) is 20.4. The zero-order valence-corrected chi connectivity index (χ0v) is 42.0. The monoisotopic (exact) mass is 1050 g/mol. The molecule has 0 spiro atoms. The Bertz CT molecular complexity index is 2270. The van der Waals surface area contributed by atoms with Crippen LogP contribution in [0.3, 0.4) is 0 Å². The molecule has 1 aliphatic heterocycles. The van der Waals surface area contributed by atoms with E-state index < -0.39 is 84.6 Å². The van der Waals surface area contributed by atoms with Crippen molar-refractivity contribution in [2.24, 2.45) is 5.41 Å². The fourth-order valence-corrected chi connectivity index (χ4v) is 9.65. The van der Waals surface area contributed by atoms with E-state index >= 15 is 0 Å². The summed E-state index contributed by atoms with van der Waals surface area (Å²) in [7, 11) is -16.4. The summed E-state index contributed by atoms with van der Waals surface area (Å²) in [6, 6.07) is 0. The fraction of sp³-hybridized carbons (Fsp3) is 0.561. The van der Waals surface area contributed by atoms with Crippen molar-refractivity contribution in [1.82, 2.24) is 30.2 Å². The Morgan fingerprint density at radius 2 is 1.49 bits per heavy atom. The van der Waals surface area contributed by atoms with Crippen LogP contribution in [-0.2, 0) is 50.7 Å². The number of aromatic nitrogens is 4. The highest BCUT2D eigenvalue weighted by Crippen LogP contribution is 2.61. The lowest BCUT2D eigenvalue weighted by atomic mass is 9.87. The minimum Gasteiger partial charge on any atom is -0.386 e. The number of hydrogen-bond acceptors (Lipinski definition) is 18. The Morgan fingerprint density at radius 1 is 0.884 bits per heavy atom. The van der Waals surface area contributed by atoms with Gasteiger partial charge in [-0.3, -0.25) is 32.5 Å². The number of carbonyl (C=O) groups is 3. The Morgan fingerprint density at radius 3 is 2.12 bits per heavy atom. The van der Waals surface area contributed by atoms with E-state index in [1.165, 1.54) is 13.8 Å². The average molecular weight is 1050 g/mol. The predicted molar refractivity (Wildman–Crippen MR) is 255 cm³/mol. The van der Waals surface area contributed by atoms with Crippen LogP contribution in [0, 0.1) is 5.41 Å². The lowest BCUT2D eigenvalue weighted by molar-refractivity contribution is -0.137. The molecule has 69 heavy (non-hydrogen) atoms. The van der Waals surface area contributed by atoms with Crippen molar-refractivity contribution in [1.29, 1.82) is 0 Å². The van der Waals surface area contributed by atoms with Gasteiger partial charge in [-0.15, -0.1) is 0 Å². The van der Waals surface area contributed by atoms with E-state index in [0.29, 0.717) is 18.6 Å². The molecular weight excluding hydrogens is 987 g/mol. The number of aliphatic hydroxyl groups excluding tert-OH is 2. The van der Waals surface area contributed by atoms with E-state index in [1.807, 2.05) is 0 Å². The molecule has 386 valence electrons. The van der Waals surface area contributed by atoms with Gasteiger partial charge in [0.1, 0.15) is 36.3 Å². The van der Waals surface area contributed by atoms with Crippen LogP contribution in [0.15, 0.2) is 73.4 Å². The van der Waals surface area contributed by atoms with E-state index in [4.69, 9.17) is 19.5 Å². The minimum atomic E-state index is -5.58. The highest BCUT2D eigenvalue weighted by molar-refractivity contribution is 8.13. The van der Waals surface area contributed by atoms with E-state index in [0.717, 1.165) is 67.5 Å². The highest BCUT2D eigenvalue weighted by Gasteiger charge is 2.50. The number of amides is 2. The second kappa shape index (κ2) is 29.6. The summed E-state index contributed by atoms with van der Waals surface area (Å²) in [6.45, 7) is 2.62. The van der Waals surface area contributed by atoms with Gasteiger partial charge >= 0.3 is 23.5 Å². The molecule has 0 radical (unpaired) electrons. The van der Waals surface area contributed by atoms with E-state index in [1.54, 1.807) is 0 Å². The molecule has 0 aliphatic carbocycles. The standard InChI is InChI=1S/C41H64N7O17P3S/c1-4-5-6-7-8-9-10-11-12-13-14-15-16-17-18-19-20-21-32(50)69-25-24-43-31(49)22-23-44-39(53)36(52)41(2,3)27-62-68(59,60)65-67(57,58)61-26-30-35(64-66(54,55)56)34(51)40(63-30)48-29-47-33-37(42)45-28-46-38(33)48/h5-6,8-9,11-12,14-15,17-18,28-30,34-36,40,51-52H,4,7,10,13,16,19-27H2,1-3H3,(H,43,49)(H,44,53)(H,57,58)(H,59,60)(H2,42,45,46)(H2,54,55,56). The number of nitrogen functional groups attached to an aromatic ring is 1. The molecule has 0 aromatic carbocycles. The molecule has 2 aromatic heterocycles. The number of carbonyl (C=O) groups excluding carboxylic acids is 3. The third-order valence-corrected chi connectivity index (χ3v) is 13.7. The third kappa shape index (κ3) is 22.5. The quantitative estimate of drug-likeness (QED) is 0.0275. The number of phosphoric ester groups is 3. The number of nitrogens with two attached hydrogens (primary N) is 1. The van der Waals surface area contributed by atoms with Crippen molar-refractivity contribution in [3.8, 4) is 0 Å². The molecule has 28 heteroatoms. The minimum absolute atomic E-state index is 0.00790. The van der Waals surface area contributed by atoms with Crippen molar-refractivity contribution in [3.05, 3.63) is 73.4 Å². The first kappa shape index (κ1) is 59.6.